The van der Waals surface area contributed by atoms with Crippen molar-refractivity contribution in [2.24, 2.45) is 0 Å². The molecule has 0 aromatic carbocycles. The molecule has 0 amide bonds. The van der Waals surface area contributed by atoms with Crippen molar-refractivity contribution in [2.75, 3.05) is 6.61 Å². The second kappa shape index (κ2) is 3.50. The van der Waals surface area contributed by atoms with Gasteiger partial charge in [0.2, 0.25) is 0 Å². The van der Waals surface area contributed by atoms with Gasteiger partial charge in [0.05, 0.1) is 19.6 Å². The van der Waals surface area contributed by atoms with Gasteiger partial charge in [-0.1, -0.05) is 0 Å². The van der Waals surface area contributed by atoms with Crippen LogP contribution in [0, 0.1) is 6.92 Å². The third-order valence-electron chi connectivity index (χ3n) is 3.55. The standard InChI is InChI=1S/C12H13NO4/c1-7-13-9-5-16-6-12(11(9)17-7)3-2-8(14)4-10(12)15/h2-6H2,1H3. The van der Waals surface area contributed by atoms with Gasteiger partial charge in [0, 0.05) is 13.3 Å². The number of fused-ring (bicyclic) bond motifs is 2. The Morgan fingerprint density at radius 3 is 2.94 bits per heavy atom. The van der Waals surface area contributed by atoms with E-state index in [2.05, 4.69) is 4.98 Å². The van der Waals surface area contributed by atoms with Gasteiger partial charge in [0.1, 0.15) is 22.7 Å². The van der Waals surface area contributed by atoms with E-state index in [0.29, 0.717) is 43.4 Å². The van der Waals surface area contributed by atoms with Crippen LogP contribution in [0.3, 0.4) is 0 Å². The predicted molar refractivity (Wildman–Crippen MR) is 56.4 cm³/mol. The Hall–Kier alpha value is -1.49. The number of carbonyl (C=O) groups is 2. The molecule has 1 aromatic rings. The van der Waals surface area contributed by atoms with Crippen LogP contribution < -0.4 is 0 Å². The Balaban J connectivity index is 2.09. The van der Waals surface area contributed by atoms with Gasteiger partial charge in [-0.3, -0.25) is 9.59 Å². The maximum Gasteiger partial charge on any atom is 0.191 e. The fraction of sp³-hybridized carbons (Fsp3) is 0.583. The molecule has 3 rings (SSSR count). The average molecular weight is 235 g/mol. The number of aryl methyl sites for hydroxylation is 1. The maximum atomic E-state index is 12.2. The van der Waals surface area contributed by atoms with Crippen molar-refractivity contribution in [3.63, 3.8) is 0 Å². The molecular weight excluding hydrogens is 222 g/mol. The molecule has 1 spiro atoms. The molecule has 0 bridgehead atoms. The molecule has 2 aliphatic rings. The third-order valence-corrected chi connectivity index (χ3v) is 3.55. The first-order valence-corrected chi connectivity index (χ1v) is 5.71. The van der Waals surface area contributed by atoms with E-state index in [1.165, 1.54) is 0 Å². The van der Waals surface area contributed by atoms with E-state index in [1.807, 2.05) is 0 Å². The van der Waals surface area contributed by atoms with Gasteiger partial charge in [-0.15, -0.1) is 0 Å². The first kappa shape index (κ1) is 10.7. The first-order chi connectivity index (χ1) is 8.12. The van der Waals surface area contributed by atoms with Crippen molar-refractivity contribution in [3.8, 4) is 0 Å². The van der Waals surface area contributed by atoms with Gasteiger partial charge in [0.25, 0.3) is 0 Å². The van der Waals surface area contributed by atoms with Crippen molar-refractivity contribution < 1.29 is 18.7 Å². The molecule has 1 aliphatic heterocycles. The number of aromatic nitrogens is 1. The molecule has 5 nitrogen and oxygen atoms in total. The number of Topliss-reactive ketones (excluding diaryl/α,β-unsaturated/α-hetero) is 2. The van der Waals surface area contributed by atoms with Crippen LogP contribution in [0.25, 0.3) is 0 Å². The number of hydrogen-bond acceptors (Lipinski definition) is 5. The van der Waals surface area contributed by atoms with Crippen LogP contribution >= 0.6 is 0 Å². The summed E-state index contributed by atoms with van der Waals surface area (Å²) < 4.78 is 11.0. The Morgan fingerprint density at radius 2 is 2.18 bits per heavy atom. The van der Waals surface area contributed by atoms with Gasteiger partial charge in [0.15, 0.2) is 11.7 Å². The monoisotopic (exact) mass is 235 g/mol. The summed E-state index contributed by atoms with van der Waals surface area (Å²) >= 11 is 0. The van der Waals surface area contributed by atoms with Gasteiger partial charge >= 0.3 is 0 Å². The van der Waals surface area contributed by atoms with Crippen LogP contribution in [-0.2, 0) is 26.3 Å². The molecule has 1 aliphatic carbocycles. The minimum atomic E-state index is -0.761. The molecule has 1 aromatic heterocycles. The highest BCUT2D eigenvalue weighted by Gasteiger charge is 2.50. The highest BCUT2D eigenvalue weighted by molar-refractivity contribution is 6.06. The lowest BCUT2D eigenvalue weighted by atomic mass is 9.70. The molecule has 1 fully saturated rings. The number of rotatable bonds is 0. The van der Waals surface area contributed by atoms with Crippen molar-refractivity contribution in [1.82, 2.24) is 4.98 Å². The van der Waals surface area contributed by atoms with Crippen molar-refractivity contribution in [1.29, 1.82) is 0 Å². The Bertz CT molecular complexity index is 505. The highest BCUT2D eigenvalue weighted by Crippen LogP contribution is 2.41. The van der Waals surface area contributed by atoms with Gasteiger partial charge in [-0.2, -0.15) is 0 Å². The van der Waals surface area contributed by atoms with Crippen LogP contribution in [0.1, 0.15) is 36.6 Å². The van der Waals surface area contributed by atoms with Crippen molar-refractivity contribution in [2.45, 2.75) is 38.2 Å². The number of carbonyl (C=O) groups excluding carboxylic acids is 2. The summed E-state index contributed by atoms with van der Waals surface area (Å²) in [5.74, 6) is 1.08. The summed E-state index contributed by atoms with van der Waals surface area (Å²) in [5, 5.41) is 0. The van der Waals surface area contributed by atoms with Crippen molar-refractivity contribution in [3.05, 3.63) is 17.3 Å². The summed E-state index contributed by atoms with van der Waals surface area (Å²) in [5.41, 5.74) is -0.0561. The molecule has 0 saturated heterocycles. The predicted octanol–water partition coefficient (Wildman–Crippen LogP) is 1.07. The van der Waals surface area contributed by atoms with Gasteiger partial charge in [-0.25, -0.2) is 4.98 Å². The zero-order chi connectivity index (χ0) is 12.0. The zero-order valence-corrected chi connectivity index (χ0v) is 9.62. The smallest absolute Gasteiger partial charge is 0.191 e. The van der Waals surface area contributed by atoms with E-state index < -0.39 is 5.41 Å². The summed E-state index contributed by atoms with van der Waals surface area (Å²) in [4.78, 5) is 27.7. The molecule has 90 valence electrons. The summed E-state index contributed by atoms with van der Waals surface area (Å²) in [7, 11) is 0. The third kappa shape index (κ3) is 1.45. The topological polar surface area (TPSA) is 69.4 Å². The number of nitrogens with zero attached hydrogens (tertiary/aromatic N) is 1. The Labute approximate surface area is 98.2 Å². The number of hydrogen-bond donors (Lipinski definition) is 0. The normalized spacial score (nSPS) is 28.5. The minimum Gasteiger partial charge on any atom is -0.444 e. The van der Waals surface area contributed by atoms with E-state index in [9.17, 15) is 9.59 Å². The Kier molecular flexibility index (Phi) is 2.19. The van der Waals surface area contributed by atoms with Gasteiger partial charge < -0.3 is 9.15 Å². The molecule has 2 heterocycles. The second-order valence-corrected chi connectivity index (χ2v) is 4.72. The fourth-order valence-corrected chi connectivity index (χ4v) is 2.65. The van der Waals surface area contributed by atoms with E-state index in [4.69, 9.17) is 9.15 Å². The SMILES string of the molecule is Cc1nc2c(o1)C1(CCC(=O)CC1=O)COC2. The zero-order valence-electron chi connectivity index (χ0n) is 9.62. The molecule has 1 atom stereocenters. The molecule has 17 heavy (non-hydrogen) atoms. The second-order valence-electron chi connectivity index (χ2n) is 4.72. The first-order valence-electron chi connectivity index (χ1n) is 5.71. The Morgan fingerprint density at radius 1 is 1.35 bits per heavy atom. The van der Waals surface area contributed by atoms with E-state index in [0.717, 1.165) is 0 Å². The molecule has 0 N–H and O–H groups in total. The number of ketones is 2. The van der Waals surface area contributed by atoms with E-state index in [1.54, 1.807) is 6.92 Å². The summed E-state index contributed by atoms with van der Waals surface area (Å²) in [6.45, 7) is 2.45. The lowest BCUT2D eigenvalue weighted by Gasteiger charge is -2.35. The largest absolute Gasteiger partial charge is 0.444 e. The van der Waals surface area contributed by atoms with Crippen molar-refractivity contribution >= 4 is 11.6 Å². The lowest BCUT2D eigenvalue weighted by molar-refractivity contribution is -0.138. The molecular formula is C12H13NO4. The summed E-state index contributed by atoms with van der Waals surface area (Å²) in [6.07, 6.45) is 0.878. The number of oxazole rings is 1. The molecule has 1 unspecified atom stereocenters. The quantitative estimate of drug-likeness (QED) is 0.629. The molecule has 5 heteroatoms. The van der Waals surface area contributed by atoms with Gasteiger partial charge in [-0.05, 0) is 6.42 Å². The average Bonchev–Trinajstić information content (AvgIpc) is 2.66. The van der Waals surface area contributed by atoms with Crippen LogP contribution in [0.5, 0.6) is 0 Å². The molecule has 1 saturated carbocycles. The fourth-order valence-electron chi connectivity index (χ4n) is 2.65. The number of ether oxygens (including phenoxy) is 1. The maximum absolute atomic E-state index is 12.2. The minimum absolute atomic E-state index is 0.00369. The molecule has 0 radical (unpaired) electrons. The van der Waals surface area contributed by atoms with E-state index >= 15 is 0 Å². The van der Waals surface area contributed by atoms with Crippen LogP contribution in [0.2, 0.25) is 0 Å². The highest BCUT2D eigenvalue weighted by atomic mass is 16.5. The van der Waals surface area contributed by atoms with Crippen LogP contribution in [0.15, 0.2) is 4.42 Å². The van der Waals surface area contributed by atoms with Crippen LogP contribution in [-0.4, -0.2) is 23.2 Å². The lowest BCUT2D eigenvalue weighted by Crippen LogP contribution is -2.47. The van der Waals surface area contributed by atoms with E-state index in [-0.39, 0.29) is 18.0 Å². The van der Waals surface area contributed by atoms with Crippen LogP contribution in [0.4, 0.5) is 0 Å². The summed E-state index contributed by atoms with van der Waals surface area (Å²) in [6, 6.07) is 0.